The molecule has 2 N–H and O–H groups in total. The van der Waals surface area contributed by atoms with Crippen molar-refractivity contribution in [3.8, 4) is 0 Å². The van der Waals surface area contributed by atoms with Gasteiger partial charge in [0.25, 0.3) is 0 Å². The van der Waals surface area contributed by atoms with Gasteiger partial charge >= 0.3 is 0 Å². The van der Waals surface area contributed by atoms with Crippen molar-refractivity contribution < 1.29 is 0 Å². The topological polar surface area (TPSA) is 43.8 Å². The molecule has 0 saturated carbocycles. The quantitative estimate of drug-likeness (QED) is 0.850. The molecule has 0 aliphatic heterocycles. The van der Waals surface area contributed by atoms with Gasteiger partial charge in [-0.1, -0.05) is 32.4 Å². The van der Waals surface area contributed by atoms with Crippen LogP contribution in [0.5, 0.6) is 0 Å². The molecule has 3 nitrogen and oxygen atoms in total. The molecule has 2 aromatic rings. The first-order valence-electron chi connectivity index (χ1n) is 6.90. The summed E-state index contributed by atoms with van der Waals surface area (Å²) in [5, 5.41) is 0. The van der Waals surface area contributed by atoms with Crippen LogP contribution in [-0.2, 0) is 13.0 Å². The van der Waals surface area contributed by atoms with E-state index in [0.717, 1.165) is 24.3 Å². The standard InChI is InChI=1S/C15H23N3/c1-3-6-12(2)11-18-14-8-5-4-7-13(14)17-15(18)9-10-16/h4-5,7-8,12H,3,6,9-11,16H2,1-2H3. The van der Waals surface area contributed by atoms with Gasteiger partial charge in [0.1, 0.15) is 5.82 Å². The molecule has 2 rings (SSSR count). The molecule has 0 radical (unpaired) electrons. The Kier molecular flexibility index (Phi) is 4.37. The van der Waals surface area contributed by atoms with E-state index in [0.29, 0.717) is 12.5 Å². The Bertz CT molecular complexity index is 501. The summed E-state index contributed by atoms with van der Waals surface area (Å²) in [7, 11) is 0. The van der Waals surface area contributed by atoms with Crippen molar-refractivity contribution >= 4 is 11.0 Å². The van der Waals surface area contributed by atoms with Crippen molar-refractivity contribution in [2.24, 2.45) is 11.7 Å². The second kappa shape index (κ2) is 6.01. The van der Waals surface area contributed by atoms with Crippen LogP contribution in [0.15, 0.2) is 24.3 Å². The smallest absolute Gasteiger partial charge is 0.111 e. The zero-order chi connectivity index (χ0) is 13.0. The summed E-state index contributed by atoms with van der Waals surface area (Å²) in [6, 6.07) is 8.36. The molecular formula is C15H23N3. The zero-order valence-corrected chi connectivity index (χ0v) is 11.4. The molecule has 0 bridgehead atoms. The van der Waals surface area contributed by atoms with Crippen molar-refractivity contribution in [1.82, 2.24) is 9.55 Å². The van der Waals surface area contributed by atoms with Crippen LogP contribution in [0, 0.1) is 5.92 Å². The van der Waals surface area contributed by atoms with Crippen LogP contribution in [0.3, 0.4) is 0 Å². The third kappa shape index (κ3) is 2.72. The molecular weight excluding hydrogens is 222 g/mol. The molecule has 1 aromatic carbocycles. The van der Waals surface area contributed by atoms with Crippen molar-refractivity contribution in [1.29, 1.82) is 0 Å². The number of benzene rings is 1. The molecule has 0 aliphatic rings. The third-order valence-corrected chi connectivity index (χ3v) is 3.38. The van der Waals surface area contributed by atoms with Crippen LogP contribution in [0.1, 0.15) is 32.5 Å². The predicted molar refractivity (Wildman–Crippen MR) is 76.6 cm³/mol. The van der Waals surface area contributed by atoms with E-state index >= 15 is 0 Å². The van der Waals surface area contributed by atoms with Gasteiger partial charge in [-0.2, -0.15) is 0 Å². The maximum atomic E-state index is 5.69. The van der Waals surface area contributed by atoms with Crippen molar-refractivity contribution in [3.63, 3.8) is 0 Å². The molecule has 3 heteroatoms. The lowest BCUT2D eigenvalue weighted by molar-refractivity contribution is 0.443. The second-order valence-corrected chi connectivity index (χ2v) is 5.06. The van der Waals surface area contributed by atoms with Crippen LogP contribution in [0.4, 0.5) is 0 Å². The van der Waals surface area contributed by atoms with E-state index in [1.807, 2.05) is 6.07 Å². The molecule has 1 heterocycles. The molecule has 0 fully saturated rings. The molecule has 0 spiro atoms. The lowest BCUT2D eigenvalue weighted by atomic mass is 10.1. The van der Waals surface area contributed by atoms with Gasteiger partial charge in [-0.05, 0) is 31.0 Å². The number of hydrogen-bond acceptors (Lipinski definition) is 2. The van der Waals surface area contributed by atoms with Gasteiger partial charge in [0.15, 0.2) is 0 Å². The minimum Gasteiger partial charge on any atom is -0.330 e. The Balaban J connectivity index is 2.35. The van der Waals surface area contributed by atoms with Gasteiger partial charge in [0.05, 0.1) is 11.0 Å². The second-order valence-electron chi connectivity index (χ2n) is 5.06. The van der Waals surface area contributed by atoms with Crippen molar-refractivity contribution in [2.75, 3.05) is 6.54 Å². The van der Waals surface area contributed by atoms with E-state index in [2.05, 4.69) is 36.6 Å². The lowest BCUT2D eigenvalue weighted by Crippen LogP contribution is -2.14. The van der Waals surface area contributed by atoms with Gasteiger partial charge < -0.3 is 10.3 Å². The number of fused-ring (bicyclic) bond motifs is 1. The Morgan fingerprint density at radius 1 is 1.33 bits per heavy atom. The Hall–Kier alpha value is -1.35. The fourth-order valence-corrected chi connectivity index (χ4v) is 2.54. The molecule has 0 aliphatic carbocycles. The number of para-hydroxylation sites is 2. The average Bonchev–Trinajstić information content (AvgIpc) is 2.69. The number of rotatable bonds is 6. The van der Waals surface area contributed by atoms with Crippen molar-refractivity contribution in [3.05, 3.63) is 30.1 Å². The van der Waals surface area contributed by atoms with Gasteiger partial charge in [0, 0.05) is 13.0 Å². The van der Waals surface area contributed by atoms with Crippen molar-refractivity contribution in [2.45, 2.75) is 39.7 Å². The van der Waals surface area contributed by atoms with Crippen LogP contribution >= 0.6 is 0 Å². The van der Waals surface area contributed by atoms with E-state index in [9.17, 15) is 0 Å². The minimum atomic E-state index is 0.658. The van der Waals surface area contributed by atoms with E-state index in [1.165, 1.54) is 18.4 Å². The van der Waals surface area contributed by atoms with Gasteiger partial charge in [-0.15, -0.1) is 0 Å². The van der Waals surface area contributed by atoms with Crippen LogP contribution < -0.4 is 5.73 Å². The summed E-state index contributed by atoms with van der Waals surface area (Å²) in [6.07, 6.45) is 3.35. The molecule has 0 saturated heterocycles. The highest BCUT2D eigenvalue weighted by Crippen LogP contribution is 2.19. The minimum absolute atomic E-state index is 0.658. The predicted octanol–water partition coefficient (Wildman–Crippen LogP) is 2.97. The first kappa shape index (κ1) is 13.1. The monoisotopic (exact) mass is 245 g/mol. The SMILES string of the molecule is CCCC(C)Cn1c(CCN)nc2ccccc21. The van der Waals surface area contributed by atoms with Gasteiger partial charge in [-0.3, -0.25) is 0 Å². The first-order valence-corrected chi connectivity index (χ1v) is 6.90. The van der Waals surface area contributed by atoms with Crippen LogP contribution in [0.25, 0.3) is 11.0 Å². The molecule has 1 aromatic heterocycles. The number of aromatic nitrogens is 2. The summed E-state index contributed by atoms with van der Waals surface area (Å²) in [5.41, 5.74) is 8.01. The number of nitrogens with zero attached hydrogens (tertiary/aromatic N) is 2. The maximum Gasteiger partial charge on any atom is 0.111 e. The first-order chi connectivity index (χ1) is 8.76. The largest absolute Gasteiger partial charge is 0.330 e. The highest BCUT2D eigenvalue weighted by molar-refractivity contribution is 5.75. The summed E-state index contributed by atoms with van der Waals surface area (Å²) in [6.45, 7) is 6.25. The Morgan fingerprint density at radius 2 is 2.11 bits per heavy atom. The molecule has 1 unspecified atom stereocenters. The molecule has 0 amide bonds. The highest BCUT2D eigenvalue weighted by Gasteiger charge is 2.12. The third-order valence-electron chi connectivity index (χ3n) is 3.38. The van der Waals surface area contributed by atoms with Crippen LogP contribution in [0.2, 0.25) is 0 Å². The summed E-state index contributed by atoms with van der Waals surface area (Å²) < 4.78 is 2.35. The summed E-state index contributed by atoms with van der Waals surface area (Å²) >= 11 is 0. The Morgan fingerprint density at radius 3 is 2.83 bits per heavy atom. The van der Waals surface area contributed by atoms with E-state index in [-0.39, 0.29) is 0 Å². The zero-order valence-electron chi connectivity index (χ0n) is 11.4. The number of hydrogen-bond donors (Lipinski definition) is 1. The average molecular weight is 245 g/mol. The molecule has 98 valence electrons. The van der Waals surface area contributed by atoms with E-state index < -0.39 is 0 Å². The summed E-state index contributed by atoms with van der Waals surface area (Å²) in [5.74, 6) is 1.81. The molecule has 18 heavy (non-hydrogen) atoms. The van der Waals surface area contributed by atoms with E-state index in [4.69, 9.17) is 10.7 Å². The van der Waals surface area contributed by atoms with E-state index in [1.54, 1.807) is 0 Å². The summed E-state index contributed by atoms with van der Waals surface area (Å²) in [4.78, 5) is 4.70. The van der Waals surface area contributed by atoms with Crippen LogP contribution in [-0.4, -0.2) is 16.1 Å². The van der Waals surface area contributed by atoms with Gasteiger partial charge in [0.2, 0.25) is 0 Å². The normalized spacial score (nSPS) is 13.1. The maximum absolute atomic E-state index is 5.69. The number of nitrogens with two attached hydrogens (primary N) is 1. The molecule has 1 atom stereocenters. The highest BCUT2D eigenvalue weighted by atomic mass is 15.1. The number of imidazole rings is 1. The lowest BCUT2D eigenvalue weighted by Gasteiger charge is -2.14. The van der Waals surface area contributed by atoms with Gasteiger partial charge in [-0.25, -0.2) is 4.98 Å². The fourth-order valence-electron chi connectivity index (χ4n) is 2.54. The Labute approximate surface area is 109 Å². The fraction of sp³-hybridized carbons (Fsp3) is 0.533.